The summed E-state index contributed by atoms with van der Waals surface area (Å²) in [7, 11) is 0. The lowest BCUT2D eigenvalue weighted by Gasteiger charge is -2.23. The van der Waals surface area contributed by atoms with E-state index >= 15 is 0 Å². The van der Waals surface area contributed by atoms with Crippen LogP contribution < -0.4 is 11.2 Å². The summed E-state index contributed by atoms with van der Waals surface area (Å²) in [4.78, 5) is 25.1. The molecule has 1 aromatic heterocycles. The number of aromatic amines is 1. The molecular weight excluding hydrogens is 268 g/mol. The van der Waals surface area contributed by atoms with Gasteiger partial charge in [0.2, 0.25) is 0 Å². The van der Waals surface area contributed by atoms with E-state index < -0.39 is 41.9 Å². The summed E-state index contributed by atoms with van der Waals surface area (Å²) in [6.07, 6.45) is 2.00. The Bertz CT molecular complexity index is 672. The smallest absolute Gasteiger partial charge is 0.330 e. The van der Waals surface area contributed by atoms with Crippen LogP contribution in [0.25, 0.3) is 0 Å². The molecule has 1 aliphatic heterocycles. The largest absolute Gasteiger partial charge is 0.392 e. The first-order valence-electron chi connectivity index (χ1n) is 5.81. The maximum Gasteiger partial charge on any atom is 0.330 e. The van der Waals surface area contributed by atoms with Crippen molar-refractivity contribution in [3.8, 4) is 12.3 Å². The predicted octanol–water partition coefficient (Wildman–Crippen LogP) is -2.54. The van der Waals surface area contributed by atoms with Crippen LogP contribution in [0.1, 0.15) is 11.8 Å². The second kappa shape index (κ2) is 4.88. The summed E-state index contributed by atoms with van der Waals surface area (Å²) >= 11 is 0. The number of nitrogens with zero attached hydrogens (tertiary/aromatic N) is 1. The third-order valence-electron chi connectivity index (χ3n) is 3.32. The van der Waals surface area contributed by atoms with Gasteiger partial charge in [0.05, 0.1) is 6.61 Å². The molecule has 1 aromatic rings. The zero-order valence-electron chi connectivity index (χ0n) is 10.6. The van der Waals surface area contributed by atoms with Gasteiger partial charge in [0.1, 0.15) is 12.2 Å². The van der Waals surface area contributed by atoms with Crippen LogP contribution >= 0.6 is 0 Å². The SMILES string of the molecule is C#CC1(CO)O[C@@H](n2cc(C)c(=O)[nH]c2=O)[C@H](O)[C@@H]1O. The van der Waals surface area contributed by atoms with Crippen LogP contribution in [0, 0.1) is 19.3 Å². The van der Waals surface area contributed by atoms with Crippen molar-refractivity contribution in [2.45, 2.75) is 31.0 Å². The van der Waals surface area contributed by atoms with Crippen molar-refractivity contribution >= 4 is 0 Å². The molecule has 0 aliphatic carbocycles. The molecule has 8 nitrogen and oxygen atoms in total. The molecule has 4 N–H and O–H groups in total. The number of aliphatic hydroxyl groups excluding tert-OH is 3. The van der Waals surface area contributed by atoms with Crippen molar-refractivity contribution in [2.75, 3.05) is 6.61 Å². The molecule has 20 heavy (non-hydrogen) atoms. The molecule has 8 heteroatoms. The monoisotopic (exact) mass is 282 g/mol. The molecule has 0 bridgehead atoms. The zero-order chi connectivity index (χ0) is 15.1. The highest BCUT2D eigenvalue weighted by Crippen LogP contribution is 2.35. The number of hydrogen-bond acceptors (Lipinski definition) is 6. The van der Waals surface area contributed by atoms with Gasteiger partial charge in [-0.1, -0.05) is 5.92 Å². The Hall–Kier alpha value is -1.92. The average molecular weight is 282 g/mol. The topological polar surface area (TPSA) is 125 Å². The Labute approximate surface area is 113 Å². The lowest BCUT2D eigenvalue weighted by atomic mass is 9.97. The van der Waals surface area contributed by atoms with Gasteiger partial charge in [0, 0.05) is 11.8 Å². The number of terminal acetylenes is 1. The average Bonchev–Trinajstić information content (AvgIpc) is 2.68. The highest BCUT2D eigenvalue weighted by atomic mass is 16.6. The molecule has 0 aromatic carbocycles. The maximum absolute atomic E-state index is 11.7. The summed E-state index contributed by atoms with van der Waals surface area (Å²) in [5, 5.41) is 29.1. The molecule has 0 amide bonds. The number of aromatic nitrogens is 2. The normalized spacial score (nSPS) is 33.0. The Morgan fingerprint density at radius 3 is 2.70 bits per heavy atom. The van der Waals surface area contributed by atoms with Crippen LogP contribution in [0.4, 0.5) is 0 Å². The van der Waals surface area contributed by atoms with Crippen molar-refractivity contribution in [2.24, 2.45) is 0 Å². The third-order valence-corrected chi connectivity index (χ3v) is 3.32. The quantitative estimate of drug-likeness (QED) is 0.443. The first-order chi connectivity index (χ1) is 9.36. The van der Waals surface area contributed by atoms with Gasteiger partial charge in [-0.2, -0.15) is 0 Å². The fourth-order valence-corrected chi connectivity index (χ4v) is 2.08. The van der Waals surface area contributed by atoms with Gasteiger partial charge in [-0.05, 0) is 6.92 Å². The van der Waals surface area contributed by atoms with E-state index in [2.05, 4.69) is 5.92 Å². The van der Waals surface area contributed by atoms with Gasteiger partial charge in [0.15, 0.2) is 11.8 Å². The van der Waals surface area contributed by atoms with Crippen LogP contribution in [-0.2, 0) is 4.74 Å². The number of rotatable bonds is 2. The van der Waals surface area contributed by atoms with Gasteiger partial charge < -0.3 is 20.1 Å². The molecular formula is C12H14N2O6. The van der Waals surface area contributed by atoms with Crippen molar-refractivity contribution in [1.29, 1.82) is 0 Å². The van der Waals surface area contributed by atoms with Gasteiger partial charge in [0.25, 0.3) is 5.56 Å². The van der Waals surface area contributed by atoms with E-state index in [9.17, 15) is 24.9 Å². The first-order valence-corrected chi connectivity index (χ1v) is 5.81. The van der Waals surface area contributed by atoms with Crippen LogP contribution in [0.5, 0.6) is 0 Å². The Morgan fingerprint density at radius 1 is 1.55 bits per heavy atom. The standard InChI is InChI=1S/C12H14N2O6/c1-3-12(5-15)8(17)7(16)10(20-12)14-4-6(2)9(18)13-11(14)19/h1,4,7-8,10,15-17H,5H2,2H3,(H,13,18,19)/t7-,8+,10-,12?/m1/s1. The van der Waals surface area contributed by atoms with Crippen molar-refractivity contribution in [3.05, 3.63) is 32.6 Å². The Morgan fingerprint density at radius 2 is 2.20 bits per heavy atom. The third kappa shape index (κ3) is 1.97. The molecule has 2 rings (SSSR count). The highest BCUT2D eigenvalue weighted by molar-refractivity contribution is 5.18. The number of ether oxygens (including phenoxy) is 1. The fourth-order valence-electron chi connectivity index (χ4n) is 2.08. The second-order valence-electron chi connectivity index (χ2n) is 4.61. The van der Waals surface area contributed by atoms with E-state index in [-0.39, 0.29) is 5.56 Å². The lowest BCUT2D eigenvalue weighted by Crippen LogP contribution is -2.45. The molecule has 1 aliphatic rings. The minimum Gasteiger partial charge on any atom is -0.392 e. The van der Waals surface area contributed by atoms with E-state index in [0.29, 0.717) is 0 Å². The molecule has 0 saturated carbocycles. The van der Waals surface area contributed by atoms with Gasteiger partial charge >= 0.3 is 5.69 Å². The minimum atomic E-state index is -1.80. The van der Waals surface area contributed by atoms with E-state index in [1.807, 2.05) is 4.98 Å². The summed E-state index contributed by atoms with van der Waals surface area (Å²) in [5.74, 6) is 2.08. The van der Waals surface area contributed by atoms with Gasteiger partial charge in [-0.25, -0.2) is 4.79 Å². The first kappa shape index (κ1) is 14.5. The number of H-pyrrole nitrogens is 1. The molecule has 1 saturated heterocycles. The van der Waals surface area contributed by atoms with Gasteiger partial charge in [-0.3, -0.25) is 14.3 Å². The number of nitrogens with one attached hydrogen (secondary N) is 1. The lowest BCUT2D eigenvalue weighted by molar-refractivity contribution is -0.0937. The Balaban J connectivity index is 2.51. The van der Waals surface area contributed by atoms with Crippen molar-refractivity contribution in [3.63, 3.8) is 0 Å². The van der Waals surface area contributed by atoms with E-state index in [4.69, 9.17) is 11.2 Å². The maximum atomic E-state index is 11.7. The number of aliphatic hydroxyl groups is 3. The molecule has 108 valence electrons. The summed E-state index contributed by atoms with van der Waals surface area (Å²) in [6.45, 7) is 0.738. The predicted molar refractivity (Wildman–Crippen MR) is 66.8 cm³/mol. The Kier molecular flexibility index (Phi) is 3.54. The van der Waals surface area contributed by atoms with Crippen molar-refractivity contribution < 1.29 is 20.1 Å². The molecule has 0 radical (unpaired) electrons. The van der Waals surface area contributed by atoms with Gasteiger partial charge in [-0.15, -0.1) is 6.42 Å². The van der Waals surface area contributed by atoms with Crippen molar-refractivity contribution in [1.82, 2.24) is 9.55 Å². The summed E-state index contributed by atoms with van der Waals surface area (Å²) < 4.78 is 6.20. The molecule has 0 spiro atoms. The number of aryl methyl sites for hydroxylation is 1. The molecule has 4 atom stereocenters. The second-order valence-corrected chi connectivity index (χ2v) is 4.61. The minimum absolute atomic E-state index is 0.220. The van der Waals surface area contributed by atoms with Crippen LogP contribution in [0.15, 0.2) is 15.8 Å². The highest BCUT2D eigenvalue weighted by Gasteiger charge is 2.54. The summed E-state index contributed by atoms with van der Waals surface area (Å²) in [5.41, 5.74) is -2.96. The molecule has 1 unspecified atom stereocenters. The van der Waals surface area contributed by atoms with E-state index in [0.717, 1.165) is 4.57 Å². The molecule has 1 fully saturated rings. The number of hydrogen-bond donors (Lipinski definition) is 4. The van der Waals surface area contributed by atoms with Crippen LogP contribution in [-0.4, -0.2) is 49.3 Å². The van der Waals surface area contributed by atoms with E-state index in [1.165, 1.54) is 13.1 Å². The van der Waals surface area contributed by atoms with Crippen LogP contribution in [0.2, 0.25) is 0 Å². The molecule has 2 heterocycles. The zero-order valence-corrected chi connectivity index (χ0v) is 10.6. The van der Waals surface area contributed by atoms with Crippen LogP contribution in [0.3, 0.4) is 0 Å². The summed E-state index contributed by atoms with van der Waals surface area (Å²) in [6, 6.07) is 0. The fraction of sp³-hybridized carbons (Fsp3) is 0.500. The van der Waals surface area contributed by atoms with E-state index in [1.54, 1.807) is 0 Å².